The third-order valence-corrected chi connectivity index (χ3v) is 6.16. The Morgan fingerprint density at radius 3 is 2.74 bits per heavy atom. The van der Waals surface area contributed by atoms with Gasteiger partial charge in [-0.1, -0.05) is 48.5 Å². The summed E-state index contributed by atoms with van der Waals surface area (Å²) in [7, 11) is 0. The number of fused-ring (bicyclic) bond motifs is 2. The Hall–Kier alpha value is -2.76. The summed E-state index contributed by atoms with van der Waals surface area (Å²) in [6.07, 6.45) is 0.748. The molecule has 5 heteroatoms. The van der Waals surface area contributed by atoms with Gasteiger partial charge in [-0.2, -0.15) is 0 Å². The molecule has 0 atom stereocenters. The van der Waals surface area contributed by atoms with Crippen LogP contribution in [0.2, 0.25) is 0 Å². The third kappa shape index (κ3) is 3.20. The molecule has 0 radical (unpaired) electrons. The predicted molar refractivity (Wildman–Crippen MR) is 110 cm³/mol. The van der Waals surface area contributed by atoms with E-state index in [2.05, 4.69) is 40.2 Å². The van der Waals surface area contributed by atoms with E-state index < -0.39 is 0 Å². The maximum Gasteiger partial charge on any atom is 0.254 e. The highest BCUT2D eigenvalue weighted by Crippen LogP contribution is 2.27. The van der Waals surface area contributed by atoms with Crippen molar-refractivity contribution >= 4 is 21.4 Å². The van der Waals surface area contributed by atoms with E-state index in [1.165, 1.54) is 15.0 Å². The van der Waals surface area contributed by atoms with Crippen molar-refractivity contribution in [1.82, 2.24) is 14.9 Å². The van der Waals surface area contributed by atoms with Gasteiger partial charge >= 0.3 is 0 Å². The molecule has 0 unspecified atom stereocenters. The summed E-state index contributed by atoms with van der Waals surface area (Å²) in [5, 5.41) is 1.30. The van der Waals surface area contributed by atoms with E-state index in [0.717, 1.165) is 36.3 Å². The molecule has 1 aliphatic rings. The van der Waals surface area contributed by atoms with E-state index in [-0.39, 0.29) is 5.56 Å². The quantitative estimate of drug-likeness (QED) is 0.585. The van der Waals surface area contributed by atoms with E-state index in [9.17, 15) is 4.79 Å². The van der Waals surface area contributed by atoms with Crippen LogP contribution in [0.5, 0.6) is 0 Å². The molecule has 134 valence electrons. The molecule has 0 saturated heterocycles. The summed E-state index contributed by atoms with van der Waals surface area (Å²) >= 11 is 1.85. The maximum absolute atomic E-state index is 12.5. The molecule has 2 aromatic heterocycles. The number of aromatic nitrogens is 2. The molecule has 5 rings (SSSR count). The lowest BCUT2D eigenvalue weighted by Crippen LogP contribution is -2.34. The summed E-state index contributed by atoms with van der Waals surface area (Å²) in [5.41, 5.74) is 2.69. The van der Waals surface area contributed by atoms with Crippen molar-refractivity contribution in [3.8, 4) is 11.4 Å². The first-order valence-corrected chi connectivity index (χ1v) is 9.95. The molecule has 3 heterocycles. The Bertz CT molecular complexity index is 1130. The van der Waals surface area contributed by atoms with Crippen molar-refractivity contribution < 1.29 is 0 Å². The molecule has 0 aliphatic carbocycles. The predicted octanol–water partition coefficient (Wildman–Crippen LogP) is 4.21. The van der Waals surface area contributed by atoms with E-state index in [0.29, 0.717) is 12.4 Å². The lowest BCUT2D eigenvalue weighted by molar-refractivity contribution is 0.243. The summed E-state index contributed by atoms with van der Waals surface area (Å²) < 4.78 is 1.32. The molecule has 4 nitrogen and oxygen atoms in total. The number of thiophene rings is 1. The van der Waals surface area contributed by atoms with Crippen LogP contribution in [0.1, 0.15) is 16.1 Å². The van der Waals surface area contributed by atoms with Crippen molar-refractivity contribution in [3.05, 3.63) is 87.2 Å². The lowest BCUT2D eigenvalue weighted by atomic mass is 10.1. The first kappa shape index (κ1) is 16.4. The van der Waals surface area contributed by atoms with Crippen LogP contribution < -0.4 is 5.56 Å². The fourth-order valence-electron chi connectivity index (χ4n) is 3.70. The number of rotatable bonds is 3. The minimum atomic E-state index is 0.000338. The highest BCUT2D eigenvalue weighted by molar-refractivity contribution is 7.19. The highest BCUT2D eigenvalue weighted by atomic mass is 32.1. The Kier molecular flexibility index (Phi) is 4.11. The van der Waals surface area contributed by atoms with Gasteiger partial charge in [0.1, 0.15) is 5.82 Å². The normalized spacial score (nSPS) is 14.4. The molecular weight excluding hydrogens is 354 g/mol. The van der Waals surface area contributed by atoms with Gasteiger partial charge in [-0.3, -0.25) is 9.69 Å². The Labute approximate surface area is 161 Å². The molecule has 2 aromatic carbocycles. The summed E-state index contributed by atoms with van der Waals surface area (Å²) in [4.78, 5) is 24.0. The van der Waals surface area contributed by atoms with Gasteiger partial charge < -0.3 is 4.98 Å². The highest BCUT2D eigenvalue weighted by Gasteiger charge is 2.22. The fourth-order valence-corrected chi connectivity index (χ4v) is 4.80. The smallest absolute Gasteiger partial charge is 0.254 e. The Morgan fingerprint density at radius 2 is 1.89 bits per heavy atom. The van der Waals surface area contributed by atoms with Crippen LogP contribution in [0.4, 0.5) is 0 Å². The Balaban J connectivity index is 1.43. The first-order chi connectivity index (χ1) is 13.3. The van der Waals surface area contributed by atoms with Crippen LogP contribution in [0.15, 0.2) is 65.5 Å². The first-order valence-electron chi connectivity index (χ1n) is 9.13. The Morgan fingerprint density at radius 1 is 1.07 bits per heavy atom. The lowest BCUT2D eigenvalue weighted by Gasteiger charge is -2.27. The fraction of sp³-hybridized carbons (Fsp3) is 0.182. The molecule has 27 heavy (non-hydrogen) atoms. The van der Waals surface area contributed by atoms with Gasteiger partial charge in [0.25, 0.3) is 5.56 Å². The van der Waals surface area contributed by atoms with Crippen LogP contribution in [-0.4, -0.2) is 21.4 Å². The second-order valence-electron chi connectivity index (χ2n) is 6.92. The van der Waals surface area contributed by atoms with Gasteiger partial charge in [0, 0.05) is 40.3 Å². The van der Waals surface area contributed by atoms with Crippen molar-refractivity contribution in [3.63, 3.8) is 0 Å². The minimum Gasteiger partial charge on any atom is -0.306 e. The van der Waals surface area contributed by atoms with Gasteiger partial charge in [-0.25, -0.2) is 4.98 Å². The largest absolute Gasteiger partial charge is 0.306 e. The average Bonchev–Trinajstić information content (AvgIpc) is 3.10. The number of benzene rings is 2. The standard InChI is InChI=1S/C22H19N3OS/c26-22-18-10-11-25(13-17-12-16-8-4-5-9-20(16)27-17)14-19(18)23-21(24-22)15-6-2-1-3-7-15/h1-9,12H,10-11,13-14H2,(H,23,24,26). The van der Waals surface area contributed by atoms with E-state index in [1.54, 1.807) is 0 Å². The monoisotopic (exact) mass is 373 g/mol. The SMILES string of the molecule is O=c1[nH]c(-c2ccccc2)nc2c1CCN(Cc1cc3ccccc3s1)C2. The molecular formula is C22H19N3OS. The molecule has 1 aliphatic heterocycles. The topological polar surface area (TPSA) is 49.0 Å². The summed E-state index contributed by atoms with van der Waals surface area (Å²) in [6.45, 7) is 2.50. The zero-order valence-corrected chi connectivity index (χ0v) is 15.6. The molecule has 4 aromatic rings. The van der Waals surface area contributed by atoms with Gasteiger partial charge in [0.2, 0.25) is 0 Å². The van der Waals surface area contributed by atoms with Gasteiger partial charge in [0.15, 0.2) is 0 Å². The zero-order valence-electron chi connectivity index (χ0n) is 14.8. The summed E-state index contributed by atoms with van der Waals surface area (Å²) in [6, 6.07) is 20.6. The van der Waals surface area contributed by atoms with Crippen LogP contribution in [0.3, 0.4) is 0 Å². The number of nitrogens with one attached hydrogen (secondary N) is 1. The molecule has 0 fully saturated rings. The summed E-state index contributed by atoms with van der Waals surface area (Å²) in [5.74, 6) is 0.656. The van der Waals surface area contributed by atoms with Crippen LogP contribution >= 0.6 is 11.3 Å². The maximum atomic E-state index is 12.5. The van der Waals surface area contributed by atoms with E-state index in [1.807, 2.05) is 41.7 Å². The number of hydrogen-bond donors (Lipinski definition) is 1. The van der Waals surface area contributed by atoms with Crippen molar-refractivity contribution in [1.29, 1.82) is 0 Å². The van der Waals surface area contributed by atoms with Crippen molar-refractivity contribution in [2.24, 2.45) is 0 Å². The van der Waals surface area contributed by atoms with Crippen LogP contribution in [-0.2, 0) is 19.5 Å². The average molecular weight is 373 g/mol. The molecule has 0 amide bonds. The second kappa shape index (κ2) is 6.76. The van der Waals surface area contributed by atoms with E-state index >= 15 is 0 Å². The molecule has 0 saturated carbocycles. The number of hydrogen-bond acceptors (Lipinski definition) is 4. The minimum absolute atomic E-state index is 0.000338. The molecule has 0 bridgehead atoms. The number of H-pyrrole nitrogens is 1. The van der Waals surface area contributed by atoms with Gasteiger partial charge in [0.05, 0.1) is 5.69 Å². The zero-order chi connectivity index (χ0) is 18.2. The second-order valence-corrected chi connectivity index (χ2v) is 8.09. The van der Waals surface area contributed by atoms with E-state index in [4.69, 9.17) is 4.98 Å². The van der Waals surface area contributed by atoms with Gasteiger partial charge in [-0.05, 0) is 23.9 Å². The van der Waals surface area contributed by atoms with Crippen molar-refractivity contribution in [2.75, 3.05) is 6.54 Å². The van der Waals surface area contributed by atoms with Crippen LogP contribution in [0, 0.1) is 0 Å². The molecule has 0 spiro atoms. The number of aromatic amines is 1. The third-order valence-electron chi connectivity index (χ3n) is 5.06. The van der Waals surface area contributed by atoms with Crippen LogP contribution in [0.25, 0.3) is 21.5 Å². The van der Waals surface area contributed by atoms with Gasteiger partial charge in [-0.15, -0.1) is 11.3 Å². The molecule has 1 N–H and O–H groups in total. The number of nitrogens with zero attached hydrogens (tertiary/aromatic N) is 2. The van der Waals surface area contributed by atoms with Crippen molar-refractivity contribution in [2.45, 2.75) is 19.5 Å².